The molecule has 6 rings (SSSR count). The molecule has 0 fully saturated rings. The van der Waals surface area contributed by atoms with Gasteiger partial charge in [0.2, 0.25) is 0 Å². The van der Waals surface area contributed by atoms with Crippen LogP contribution < -0.4 is 24.8 Å². The Hall–Kier alpha value is -2.44. The van der Waals surface area contributed by atoms with Crippen molar-refractivity contribution < 1.29 is 49.0 Å². The zero-order valence-electron chi connectivity index (χ0n) is 27.3. The van der Waals surface area contributed by atoms with Gasteiger partial charge in [0.15, 0.2) is 0 Å². The zero-order chi connectivity index (χ0) is 30.5. The first kappa shape index (κ1) is 37.7. The van der Waals surface area contributed by atoms with Crippen molar-refractivity contribution >= 4 is 30.8 Å². The second-order valence-corrected chi connectivity index (χ2v) is 14.0. The third-order valence-corrected chi connectivity index (χ3v) is 8.58. The molecule has 1 unspecified atom stereocenters. The zero-order valence-corrected chi connectivity index (χ0v) is 31.3. The monoisotopic (exact) mass is 696 g/mol. The summed E-state index contributed by atoms with van der Waals surface area (Å²) in [4.78, 5) is 0. The summed E-state index contributed by atoms with van der Waals surface area (Å²) < 4.78 is 2.17. The molecular weight excluding hydrogens is 655 g/mol. The molecule has 0 bridgehead atoms. The molecular formula is C41H44Cl2Zr-2. The van der Waals surface area contributed by atoms with Crippen LogP contribution in [0, 0.1) is 12.0 Å². The summed E-state index contributed by atoms with van der Waals surface area (Å²) in [7, 11) is 0. The third-order valence-electron chi connectivity index (χ3n) is 7.76. The predicted octanol–water partition coefficient (Wildman–Crippen LogP) is 5.17. The Balaban J connectivity index is 0.000000251. The number of hydrogen-bond acceptors (Lipinski definition) is 0. The van der Waals surface area contributed by atoms with E-state index in [0.29, 0.717) is 5.92 Å². The van der Waals surface area contributed by atoms with Crippen molar-refractivity contribution in [1.82, 2.24) is 0 Å². The minimum absolute atomic E-state index is 0. The number of hydrogen-bond donors (Lipinski definition) is 0. The van der Waals surface area contributed by atoms with Gasteiger partial charge in [0.25, 0.3) is 0 Å². The molecule has 228 valence electrons. The second-order valence-electron chi connectivity index (χ2n) is 13.3. The van der Waals surface area contributed by atoms with Gasteiger partial charge in [-0.2, -0.15) is 11.6 Å². The van der Waals surface area contributed by atoms with Crippen molar-refractivity contribution in [2.24, 2.45) is 5.92 Å². The summed E-state index contributed by atoms with van der Waals surface area (Å²) in [6.07, 6.45) is 5.66. The van der Waals surface area contributed by atoms with Crippen LogP contribution in [-0.4, -0.2) is 3.71 Å². The Morgan fingerprint density at radius 3 is 1.50 bits per heavy atom. The van der Waals surface area contributed by atoms with Crippen LogP contribution in [0.15, 0.2) is 115 Å². The molecule has 44 heavy (non-hydrogen) atoms. The summed E-state index contributed by atoms with van der Waals surface area (Å²) in [6, 6.07) is 37.0. The van der Waals surface area contributed by atoms with Gasteiger partial charge in [-0.15, -0.1) is 45.3 Å². The molecule has 0 aliphatic heterocycles. The Bertz CT molecular complexity index is 1640. The number of halogens is 2. The Kier molecular flexibility index (Phi) is 13.9. The molecule has 5 aromatic rings. The summed E-state index contributed by atoms with van der Waals surface area (Å²) in [5, 5.41) is 5.49. The molecule has 0 saturated carbocycles. The first-order chi connectivity index (χ1) is 19.9. The van der Waals surface area contributed by atoms with Crippen molar-refractivity contribution in [3.8, 4) is 0 Å². The molecule has 0 radical (unpaired) electrons. The van der Waals surface area contributed by atoms with Crippen LogP contribution in [0.4, 0.5) is 0 Å². The van der Waals surface area contributed by atoms with Crippen molar-refractivity contribution in [3.63, 3.8) is 0 Å². The predicted molar refractivity (Wildman–Crippen MR) is 182 cm³/mol. The number of rotatable bonds is 2. The average molecular weight is 699 g/mol. The summed E-state index contributed by atoms with van der Waals surface area (Å²) in [5.41, 5.74) is 8.44. The van der Waals surface area contributed by atoms with E-state index in [-0.39, 0.29) is 35.6 Å². The molecule has 0 amide bonds. The molecule has 0 saturated heterocycles. The molecule has 0 N–H and O–H groups in total. The van der Waals surface area contributed by atoms with Crippen molar-refractivity contribution in [2.75, 3.05) is 0 Å². The van der Waals surface area contributed by atoms with E-state index in [4.69, 9.17) is 0 Å². The second kappa shape index (κ2) is 16.2. The van der Waals surface area contributed by atoms with Crippen molar-refractivity contribution in [2.45, 2.75) is 66.2 Å². The molecule has 1 aliphatic rings. The van der Waals surface area contributed by atoms with Crippen LogP contribution in [0.1, 0.15) is 77.6 Å². The van der Waals surface area contributed by atoms with Gasteiger partial charge in [-0.3, -0.25) is 6.08 Å². The quantitative estimate of drug-likeness (QED) is 0.224. The van der Waals surface area contributed by atoms with Gasteiger partial charge in [-0.05, 0) is 10.8 Å². The molecule has 0 heterocycles. The first-order valence-electron chi connectivity index (χ1n) is 14.9. The SMILES string of the molecule is CC(C)(C)c1ccc2[cH-]c3ccc(C(C)(C)C)cc3c2c1.CC1=[C-]C(C)C=C1c1ccccc1.[Cl-].[Cl-].[Zr+2]=[CH]c1ccccc1. The van der Waals surface area contributed by atoms with Gasteiger partial charge in [-0.1, -0.05) is 127 Å². The molecule has 1 atom stereocenters. The van der Waals surface area contributed by atoms with Crippen LogP contribution in [0.2, 0.25) is 0 Å². The topological polar surface area (TPSA) is 0 Å². The van der Waals surface area contributed by atoms with Crippen molar-refractivity contribution in [1.29, 1.82) is 0 Å². The standard InChI is InChI=1S/C21H25.C13H13.C7H6.2ClH.Zr/c1-20(2,3)16-9-7-14-11-15-8-10-17(21(4,5)6)13-19(15)18(14)12-16;1-10-8-11(2)13(9-10)12-6-4-3-5-7-12;1-7-5-3-2-4-6-7;;;/h7-13H,1-6H3;3-7,9-10H,1-2H3;1-6H;2*1H;/q2*-1;;;;+2/p-2. The van der Waals surface area contributed by atoms with E-state index < -0.39 is 0 Å². The van der Waals surface area contributed by atoms with Gasteiger partial charge in [-0.25, -0.2) is 5.57 Å². The molecule has 5 aromatic carbocycles. The van der Waals surface area contributed by atoms with Gasteiger partial charge in [0, 0.05) is 0 Å². The first-order valence-corrected chi connectivity index (χ1v) is 16.4. The molecule has 3 heteroatoms. The van der Waals surface area contributed by atoms with E-state index in [1.165, 1.54) is 79.2 Å². The normalized spacial score (nSPS) is 14.2. The van der Waals surface area contributed by atoms with Crippen LogP contribution in [0.5, 0.6) is 0 Å². The number of benzene rings is 4. The molecule has 0 aromatic heterocycles. The maximum absolute atomic E-state index is 3.39. The summed E-state index contributed by atoms with van der Waals surface area (Å²) in [6.45, 7) is 18.0. The summed E-state index contributed by atoms with van der Waals surface area (Å²) in [5.74, 6) is 0.468. The van der Waals surface area contributed by atoms with Gasteiger partial charge >= 0.3 is 63.8 Å². The van der Waals surface area contributed by atoms with E-state index >= 15 is 0 Å². The van der Waals surface area contributed by atoms with Crippen LogP contribution in [0.3, 0.4) is 0 Å². The van der Waals surface area contributed by atoms with E-state index in [0.717, 1.165) is 0 Å². The maximum atomic E-state index is 3.39. The Morgan fingerprint density at radius 1 is 0.682 bits per heavy atom. The van der Waals surface area contributed by atoms with E-state index in [9.17, 15) is 0 Å². The van der Waals surface area contributed by atoms with Crippen LogP contribution >= 0.6 is 0 Å². The minimum atomic E-state index is 0. The number of fused-ring (bicyclic) bond motifs is 3. The van der Waals surface area contributed by atoms with Gasteiger partial charge < -0.3 is 24.8 Å². The fraction of sp³-hybridized carbons (Fsp3) is 0.268. The van der Waals surface area contributed by atoms with E-state index in [1.807, 2.05) is 12.1 Å². The van der Waals surface area contributed by atoms with Gasteiger partial charge in [0.1, 0.15) is 0 Å². The van der Waals surface area contributed by atoms with E-state index in [2.05, 4.69) is 162 Å². The van der Waals surface area contributed by atoms with Crippen LogP contribution in [-0.2, 0) is 35.1 Å². The fourth-order valence-electron chi connectivity index (χ4n) is 5.25. The molecule has 0 nitrogen and oxygen atoms in total. The fourth-order valence-corrected chi connectivity index (χ4v) is 5.72. The summed E-state index contributed by atoms with van der Waals surface area (Å²) >= 11 is 1.46. The van der Waals surface area contributed by atoms with Gasteiger partial charge in [0.05, 0.1) is 0 Å². The number of allylic oxidation sites excluding steroid dienone is 4. The Morgan fingerprint density at radius 2 is 1.14 bits per heavy atom. The van der Waals surface area contributed by atoms with Crippen LogP contribution in [0.25, 0.3) is 27.1 Å². The van der Waals surface area contributed by atoms with E-state index in [1.54, 1.807) is 0 Å². The Labute approximate surface area is 293 Å². The third kappa shape index (κ3) is 9.78. The average Bonchev–Trinajstić information content (AvgIpc) is 3.51. The molecule has 0 spiro atoms. The molecule has 1 aliphatic carbocycles. The van der Waals surface area contributed by atoms with Crippen molar-refractivity contribution in [3.05, 3.63) is 143 Å².